The van der Waals surface area contributed by atoms with E-state index in [4.69, 9.17) is 5.11 Å². The average Bonchev–Trinajstić information content (AvgIpc) is 2.92. The van der Waals surface area contributed by atoms with Gasteiger partial charge in [0.25, 0.3) is 0 Å². The van der Waals surface area contributed by atoms with Crippen LogP contribution in [-0.2, 0) is 16.1 Å². The van der Waals surface area contributed by atoms with E-state index in [0.717, 1.165) is 4.90 Å². The van der Waals surface area contributed by atoms with Crippen LogP contribution in [0.1, 0.15) is 16.9 Å². The van der Waals surface area contributed by atoms with Crippen LogP contribution in [0.3, 0.4) is 0 Å². The first kappa shape index (κ1) is 13.1. The van der Waals surface area contributed by atoms with Gasteiger partial charge in [-0.05, 0) is 0 Å². The van der Waals surface area contributed by atoms with Gasteiger partial charge in [0.1, 0.15) is 0 Å². The number of rotatable bonds is 5. The molecule has 1 aromatic heterocycles. The topological polar surface area (TPSA) is 117 Å². The summed E-state index contributed by atoms with van der Waals surface area (Å²) in [6.45, 7) is 0.752. The Bertz CT molecular complexity index is 526. The number of imide groups is 1. The monoisotopic (exact) mass is 267 g/mol. The van der Waals surface area contributed by atoms with Crippen LogP contribution in [-0.4, -0.2) is 62.4 Å². The molecule has 1 saturated heterocycles. The Labute approximate surface area is 108 Å². The van der Waals surface area contributed by atoms with Crippen molar-refractivity contribution in [2.45, 2.75) is 19.0 Å². The number of nitrogens with one attached hydrogen (secondary N) is 1. The average molecular weight is 267 g/mol. The van der Waals surface area contributed by atoms with E-state index >= 15 is 0 Å². The molecule has 1 aliphatic rings. The zero-order valence-electron chi connectivity index (χ0n) is 10.2. The number of carboxylic acid groups (broad SMARTS) is 1. The Morgan fingerprint density at radius 1 is 1.58 bits per heavy atom. The minimum Gasteiger partial charge on any atom is -0.476 e. The summed E-state index contributed by atoms with van der Waals surface area (Å²) in [6.07, 6.45) is 1.45. The third kappa shape index (κ3) is 2.76. The third-order valence-corrected chi connectivity index (χ3v) is 2.87. The second kappa shape index (κ2) is 5.14. The number of hydrogen-bond donors (Lipinski definition) is 2. The van der Waals surface area contributed by atoms with Crippen LogP contribution in [0.5, 0.6) is 0 Å². The molecule has 2 heterocycles. The minimum atomic E-state index is -1.14. The zero-order chi connectivity index (χ0) is 14.0. The lowest BCUT2D eigenvalue weighted by Crippen LogP contribution is -2.38. The maximum atomic E-state index is 11.6. The van der Waals surface area contributed by atoms with E-state index in [1.165, 1.54) is 17.9 Å². The van der Waals surface area contributed by atoms with E-state index in [2.05, 4.69) is 15.6 Å². The normalized spacial score (nSPS) is 19.2. The second-order valence-corrected chi connectivity index (χ2v) is 4.17. The number of carboxylic acids is 1. The highest BCUT2D eigenvalue weighted by Gasteiger charge is 2.35. The maximum absolute atomic E-state index is 11.6. The van der Waals surface area contributed by atoms with Crippen LogP contribution in [0.25, 0.3) is 0 Å². The number of likely N-dealkylation sites (N-methyl/N-ethyl adjacent to an activating group) is 1. The molecule has 1 unspecified atom stereocenters. The smallest absolute Gasteiger partial charge is 0.358 e. The van der Waals surface area contributed by atoms with Crippen molar-refractivity contribution in [1.29, 1.82) is 0 Å². The van der Waals surface area contributed by atoms with Gasteiger partial charge in [-0.3, -0.25) is 19.2 Å². The number of aromatic carboxylic acids is 1. The van der Waals surface area contributed by atoms with Gasteiger partial charge in [0.15, 0.2) is 5.69 Å². The fraction of sp³-hybridized carbons (Fsp3) is 0.500. The molecule has 2 amide bonds. The van der Waals surface area contributed by atoms with E-state index in [1.54, 1.807) is 0 Å². The van der Waals surface area contributed by atoms with Gasteiger partial charge >= 0.3 is 5.97 Å². The highest BCUT2D eigenvalue weighted by Crippen LogP contribution is 2.09. The molecule has 2 rings (SSSR count). The number of carbonyl (C=O) groups excluding carboxylic acids is 2. The Balaban J connectivity index is 1.82. The lowest BCUT2D eigenvalue weighted by atomic mass is 10.2. The highest BCUT2D eigenvalue weighted by molar-refractivity contribution is 6.05. The third-order valence-electron chi connectivity index (χ3n) is 2.87. The first-order chi connectivity index (χ1) is 8.99. The van der Waals surface area contributed by atoms with Gasteiger partial charge in [-0.1, -0.05) is 5.21 Å². The van der Waals surface area contributed by atoms with Crippen molar-refractivity contribution in [3.63, 3.8) is 0 Å². The molecule has 0 spiro atoms. The van der Waals surface area contributed by atoms with Gasteiger partial charge in [0, 0.05) is 13.6 Å². The number of carbonyl (C=O) groups is 3. The van der Waals surface area contributed by atoms with Gasteiger partial charge in [-0.25, -0.2) is 4.79 Å². The summed E-state index contributed by atoms with van der Waals surface area (Å²) in [4.78, 5) is 34.5. The molecule has 0 saturated carbocycles. The van der Waals surface area contributed by atoms with Crippen LogP contribution >= 0.6 is 0 Å². The molecule has 102 valence electrons. The summed E-state index contributed by atoms with van der Waals surface area (Å²) < 4.78 is 1.36. The van der Waals surface area contributed by atoms with Crippen molar-refractivity contribution >= 4 is 17.8 Å². The van der Waals surface area contributed by atoms with Crippen molar-refractivity contribution in [3.05, 3.63) is 11.9 Å². The van der Waals surface area contributed by atoms with Gasteiger partial charge in [0.05, 0.1) is 25.2 Å². The van der Waals surface area contributed by atoms with Crippen molar-refractivity contribution in [3.8, 4) is 0 Å². The molecule has 9 nitrogen and oxygen atoms in total. The largest absolute Gasteiger partial charge is 0.476 e. The Morgan fingerprint density at radius 3 is 2.84 bits per heavy atom. The quantitative estimate of drug-likeness (QED) is 0.612. The summed E-state index contributed by atoms with van der Waals surface area (Å²) in [6, 6.07) is -0.514. The molecule has 0 aromatic carbocycles. The molecular formula is C10H13N5O4. The lowest BCUT2D eigenvalue weighted by molar-refractivity contribution is -0.137. The van der Waals surface area contributed by atoms with Gasteiger partial charge in [0.2, 0.25) is 11.8 Å². The van der Waals surface area contributed by atoms with Gasteiger partial charge in [-0.15, -0.1) is 5.10 Å². The van der Waals surface area contributed by atoms with Crippen LogP contribution < -0.4 is 5.32 Å². The molecule has 0 aliphatic carbocycles. The highest BCUT2D eigenvalue weighted by atomic mass is 16.4. The molecular weight excluding hydrogens is 254 g/mol. The molecule has 0 bridgehead atoms. The molecule has 1 fully saturated rings. The molecule has 2 N–H and O–H groups in total. The molecule has 1 atom stereocenters. The summed E-state index contributed by atoms with van der Waals surface area (Å²) in [5.41, 5.74) is -0.133. The molecule has 1 aromatic rings. The summed E-state index contributed by atoms with van der Waals surface area (Å²) in [5.74, 6) is -1.61. The lowest BCUT2D eigenvalue weighted by Gasteiger charge is -2.10. The molecule has 19 heavy (non-hydrogen) atoms. The van der Waals surface area contributed by atoms with Crippen LogP contribution in [0.4, 0.5) is 0 Å². The predicted octanol–water partition coefficient (Wildman–Crippen LogP) is -1.68. The number of aromatic nitrogens is 3. The first-order valence-electron chi connectivity index (χ1n) is 5.66. The van der Waals surface area contributed by atoms with E-state index in [0.29, 0.717) is 13.1 Å². The standard InChI is InChI=1S/C10H13N5O4/c1-14-8(16)4-6(9(14)17)11-2-3-15-5-7(10(18)19)12-13-15/h5-6,11H,2-4H2,1H3,(H,18,19). The summed E-state index contributed by atoms with van der Waals surface area (Å²) in [7, 11) is 1.45. The molecule has 0 radical (unpaired) electrons. The Kier molecular flexibility index (Phi) is 3.56. The predicted molar refractivity (Wildman–Crippen MR) is 61.2 cm³/mol. The fourth-order valence-corrected chi connectivity index (χ4v) is 1.77. The second-order valence-electron chi connectivity index (χ2n) is 4.17. The number of hydrogen-bond acceptors (Lipinski definition) is 6. The first-order valence-corrected chi connectivity index (χ1v) is 5.66. The Hall–Kier alpha value is -2.29. The molecule has 9 heteroatoms. The zero-order valence-corrected chi connectivity index (χ0v) is 10.2. The van der Waals surface area contributed by atoms with Crippen molar-refractivity contribution in [2.24, 2.45) is 0 Å². The van der Waals surface area contributed by atoms with Gasteiger partial charge < -0.3 is 10.4 Å². The van der Waals surface area contributed by atoms with Crippen LogP contribution in [0.15, 0.2) is 6.20 Å². The summed E-state index contributed by atoms with van der Waals surface area (Å²) >= 11 is 0. The minimum absolute atomic E-state index is 0.133. The van der Waals surface area contributed by atoms with Crippen molar-refractivity contribution < 1.29 is 19.5 Å². The molecule has 1 aliphatic heterocycles. The van der Waals surface area contributed by atoms with Crippen molar-refractivity contribution in [2.75, 3.05) is 13.6 Å². The number of nitrogens with zero attached hydrogens (tertiary/aromatic N) is 4. The van der Waals surface area contributed by atoms with Gasteiger partial charge in [-0.2, -0.15) is 0 Å². The fourth-order valence-electron chi connectivity index (χ4n) is 1.77. The maximum Gasteiger partial charge on any atom is 0.358 e. The van der Waals surface area contributed by atoms with E-state index < -0.39 is 12.0 Å². The number of likely N-dealkylation sites (tertiary alicyclic amines) is 1. The summed E-state index contributed by atoms with van der Waals surface area (Å²) in [5, 5.41) is 18.7. The SMILES string of the molecule is CN1C(=O)CC(NCCn2cc(C(=O)O)nn2)C1=O. The van der Waals surface area contributed by atoms with Crippen LogP contribution in [0.2, 0.25) is 0 Å². The van der Waals surface area contributed by atoms with E-state index in [-0.39, 0.29) is 23.9 Å². The van der Waals surface area contributed by atoms with E-state index in [9.17, 15) is 14.4 Å². The van der Waals surface area contributed by atoms with Crippen molar-refractivity contribution in [1.82, 2.24) is 25.2 Å². The Morgan fingerprint density at radius 2 is 2.32 bits per heavy atom. The van der Waals surface area contributed by atoms with E-state index in [1.807, 2.05) is 0 Å². The number of amides is 2. The van der Waals surface area contributed by atoms with Crippen LogP contribution in [0, 0.1) is 0 Å².